The second-order valence-electron chi connectivity index (χ2n) is 6.29. The predicted octanol–water partition coefficient (Wildman–Crippen LogP) is 2.30. The van der Waals surface area contributed by atoms with E-state index in [0.717, 1.165) is 16.0 Å². The summed E-state index contributed by atoms with van der Waals surface area (Å²) < 4.78 is 5.25. The molecule has 7 nitrogen and oxygen atoms in total. The lowest BCUT2D eigenvalue weighted by molar-refractivity contribution is -0.134. The van der Waals surface area contributed by atoms with Crippen molar-refractivity contribution in [3.05, 3.63) is 53.5 Å². The Bertz CT molecular complexity index is 844. The lowest BCUT2D eigenvalue weighted by Gasteiger charge is -2.19. The summed E-state index contributed by atoms with van der Waals surface area (Å²) in [5, 5.41) is 5.32. The average molecular weight is 341 g/mol. The first-order valence-electron chi connectivity index (χ1n) is 7.86. The number of carbonyl (C=O) groups is 3. The van der Waals surface area contributed by atoms with Crippen LogP contribution < -0.4 is 10.6 Å². The molecule has 7 heteroatoms. The van der Waals surface area contributed by atoms with Gasteiger partial charge in [-0.1, -0.05) is 17.7 Å². The molecule has 0 radical (unpaired) electrons. The van der Waals surface area contributed by atoms with E-state index in [2.05, 4.69) is 10.6 Å². The summed E-state index contributed by atoms with van der Waals surface area (Å²) in [6.07, 6.45) is 1.43. The van der Waals surface area contributed by atoms with Gasteiger partial charge in [0.05, 0.1) is 6.26 Å². The van der Waals surface area contributed by atoms with Gasteiger partial charge in [0.15, 0.2) is 5.54 Å². The van der Waals surface area contributed by atoms with E-state index in [1.807, 2.05) is 26.0 Å². The number of imide groups is 1. The van der Waals surface area contributed by atoms with Gasteiger partial charge in [-0.2, -0.15) is 0 Å². The zero-order valence-electron chi connectivity index (χ0n) is 14.3. The van der Waals surface area contributed by atoms with Gasteiger partial charge in [0, 0.05) is 5.69 Å². The fourth-order valence-corrected chi connectivity index (χ4v) is 2.86. The molecule has 1 aromatic heterocycles. The van der Waals surface area contributed by atoms with Crippen LogP contribution in [0.4, 0.5) is 10.5 Å². The number of amides is 4. The van der Waals surface area contributed by atoms with Gasteiger partial charge in [-0.25, -0.2) is 4.79 Å². The van der Waals surface area contributed by atoms with Crippen LogP contribution in [0, 0.1) is 13.8 Å². The van der Waals surface area contributed by atoms with Crippen LogP contribution in [-0.2, 0) is 15.1 Å². The van der Waals surface area contributed by atoms with Crippen LogP contribution in [0.2, 0.25) is 0 Å². The van der Waals surface area contributed by atoms with Crippen molar-refractivity contribution in [3.8, 4) is 0 Å². The molecular weight excluding hydrogens is 322 g/mol. The Morgan fingerprint density at radius 2 is 2.04 bits per heavy atom. The summed E-state index contributed by atoms with van der Waals surface area (Å²) >= 11 is 0. The van der Waals surface area contributed by atoms with Crippen molar-refractivity contribution in [2.24, 2.45) is 0 Å². The summed E-state index contributed by atoms with van der Waals surface area (Å²) in [5.74, 6) is -0.648. The van der Waals surface area contributed by atoms with Crippen LogP contribution in [0.3, 0.4) is 0 Å². The number of benzene rings is 1. The monoisotopic (exact) mass is 341 g/mol. The molecule has 4 amide bonds. The zero-order chi connectivity index (χ0) is 18.2. The van der Waals surface area contributed by atoms with Crippen molar-refractivity contribution >= 4 is 23.5 Å². The minimum Gasteiger partial charge on any atom is -0.466 e. The number of nitrogens with zero attached hydrogens (tertiary/aromatic N) is 1. The minimum atomic E-state index is -1.30. The minimum absolute atomic E-state index is 0.322. The third-order valence-electron chi connectivity index (χ3n) is 4.25. The van der Waals surface area contributed by atoms with Crippen molar-refractivity contribution in [1.29, 1.82) is 0 Å². The average Bonchev–Trinajstić information content (AvgIpc) is 3.15. The highest BCUT2D eigenvalue weighted by molar-refractivity contribution is 6.10. The van der Waals surface area contributed by atoms with Crippen molar-refractivity contribution in [3.63, 3.8) is 0 Å². The van der Waals surface area contributed by atoms with E-state index in [1.165, 1.54) is 6.26 Å². The van der Waals surface area contributed by atoms with Crippen LogP contribution >= 0.6 is 0 Å². The van der Waals surface area contributed by atoms with Gasteiger partial charge < -0.3 is 15.1 Å². The van der Waals surface area contributed by atoms with Gasteiger partial charge >= 0.3 is 6.03 Å². The Balaban J connectivity index is 1.73. The third kappa shape index (κ3) is 3.00. The smallest absolute Gasteiger partial charge is 0.325 e. The van der Waals surface area contributed by atoms with Gasteiger partial charge in [0.2, 0.25) is 5.91 Å². The molecule has 0 bridgehead atoms. The standard InChI is InChI=1S/C18H19N3O4/c1-11-6-7-13(12(2)9-11)19-15(22)10-21-16(23)18(3,20-17(21)24)14-5-4-8-25-14/h4-9H,10H2,1-3H3,(H,19,22)(H,20,24). The number of hydrogen-bond acceptors (Lipinski definition) is 4. The van der Waals surface area contributed by atoms with E-state index in [-0.39, 0.29) is 6.54 Å². The van der Waals surface area contributed by atoms with Crippen molar-refractivity contribution in [1.82, 2.24) is 10.2 Å². The topological polar surface area (TPSA) is 91.7 Å². The Morgan fingerprint density at radius 3 is 2.68 bits per heavy atom. The Hall–Kier alpha value is -3.09. The largest absolute Gasteiger partial charge is 0.466 e. The molecule has 1 aromatic carbocycles. The van der Waals surface area contributed by atoms with Crippen LogP contribution in [-0.4, -0.2) is 29.3 Å². The maximum Gasteiger partial charge on any atom is 0.325 e. The normalized spacial score (nSPS) is 19.9. The molecule has 3 rings (SSSR count). The first-order valence-corrected chi connectivity index (χ1v) is 7.86. The number of aryl methyl sites for hydroxylation is 2. The quantitative estimate of drug-likeness (QED) is 0.835. The second-order valence-corrected chi connectivity index (χ2v) is 6.29. The van der Waals surface area contributed by atoms with Crippen molar-refractivity contribution < 1.29 is 18.8 Å². The summed E-state index contributed by atoms with van der Waals surface area (Å²) in [6, 6.07) is 8.23. The number of anilines is 1. The van der Waals surface area contributed by atoms with E-state index < -0.39 is 23.4 Å². The number of nitrogens with one attached hydrogen (secondary N) is 2. The maximum atomic E-state index is 12.6. The Kier molecular flexibility index (Phi) is 4.08. The molecule has 0 aliphatic carbocycles. The fourth-order valence-electron chi connectivity index (χ4n) is 2.86. The van der Waals surface area contributed by atoms with Gasteiger partial charge in [-0.15, -0.1) is 0 Å². The molecular formula is C18H19N3O4. The molecule has 0 saturated carbocycles. The molecule has 1 atom stereocenters. The van der Waals surface area contributed by atoms with Crippen molar-refractivity contribution in [2.45, 2.75) is 26.3 Å². The summed E-state index contributed by atoms with van der Waals surface area (Å²) in [6.45, 7) is 5.02. The van der Waals surface area contributed by atoms with E-state index in [4.69, 9.17) is 4.42 Å². The first kappa shape index (κ1) is 16.8. The highest BCUT2D eigenvalue weighted by Crippen LogP contribution is 2.29. The van der Waals surface area contributed by atoms with Gasteiger partial charge in [0.1, 0.15) is 12.3 Å². The predicted molar refractivity (Wildman–Crippen MR) is 90.9 cm³/mol. The fraction of sp³-hybridized carbons (Fsp3) is 0.278. The van der Waals surface area contributed by atoms with E-state index in [9.17, 15) is 14.4 Å². The Morgan fingerprint density at radius 1 is 1.28 bits per heavy atom. The van der Waals surface area contributed by atoms with Crippen molar-refractivity contribution in [2.75, 3.05) is 11.9 Å². The van der Waals surface area contributed by atoms with E-state index >= 15 is 0 Å². The first-order chi connectivity index (χ1) is 11.8. The molecule has 2 aromatic rings. The third-order valence-corrected chi connectivity index (χ3v) is 4.25. The SMILES string of the molecule is Cc1ccc(NC(=O)CN2C(=O)NC(C)(c3ccco3)C2=O)c(C)c1. The van der Waals surface area contributed by atoms with Crippen LogP contribution in [0.15, 0.2) is 41.0 Å². The van der Waals surface area contributed by atoms with Gasteiger partial charge in [-0.05, 0) is 44.5 Å². The molecule has 2 N–H and O–H groups in total. The molecule has 1 aliphatic heterocycles. The summed E-state index contributed by atoms with van der Waals surface area (Å²) in [4.78, 5) is 38.0. The summed E-state index contributed by atoms with van der Waals surface area (Å²) in [7, 11) is 0. The highest BCUT2D eigenvalue weighted by atomic mass is 16.3. The molecule has 2 heterocycles. The lowest BCUT2D eigenvalue weighted by Crippen LogP contribution is -2.41. The number of rotatable bonds is 4. The Labute approximate surface area is 145 Å². The number of urea groups is 1. The van der Waals surface area contributed by atoms with Crippen LogP contribution in [0.5, 0.6) is 0 Å². The van der Waals surface area contributed by atoms with Gasteiger partial charge in [0.25, 0.3) is 5.91 Å². The number of furan rings is 1. The molecule has 25 heavy (non-hydrogen) atoms. The molecule has 0 spiro atoms. The zero-order valence-corrected chi connectivity index (χ0v) is 14.3. The van der Waals surface area contributed by atoms with E-state index in [0.29, 0.717) is 11.4 Å². The van der Waals surface area contributed by atoms with Crippen LogP contribution in [0.1, 0.15) is 23.8 Å². The molecule has 130 valence electrons. The number of hydrogen-bond donors (Lipinski definition) is 2. The highest BCUT2D eigenvalue weighted by Gasteiger charge is 2.51. The second kappa shape index (κ2) is 6.08. The summed E-state index contributed by atoms with van der Waals surface area (Å²) in [5.41, 5.74) is 1.34. The number of carbonyl (C=O) groups excluding carboxylic acids is 3. The van der Waals surface area contributed by atoms with Crippen LogP contribution in [0.25, 0.3) is 0 Å². The van der Waals surface area contributed by atoms with Gasteiger partial charge in [-0.3, -0.25) is 14.5 Å². The van der Waals surface area contributed by atoms with E-state index in [1.54, 1.807) is 25.1 Å². The molecule has 1 aliphatic rings. The lowest BCUT2D eigenvalue weighted by atomic mass is 9.99. The molecule has 1 fully saturated rings. The maximum absolute atomic E-state index is 12.6. The molecule has 1 unspecified atom stereocenters. The molecule has 1 saturated heterocycles.